The van der Waals surface area contributed by atoms with Crippen molar-refractivity contribution >= 4 is 12.0 Å². The third-order valence-electron chi connectivity index (χ3n) is 2.16. The van der Waals surface area contributed by atoms with E-state index in [0.29, 0.717) is 13.2 Å². The van der Waals surface area contributed by atoms with Crippen molar-refractivity contribution in [2.45, 2.75) is 13.2 Å². The van der Waals surface area contributed by atoms with Gasteiger partial charge in [0.2, 0.25) is 0 Å². The normalized spacial score (nSPS) is 14.6. The number of carbonyl (C=O) groups is 1. The monoisotopic (exact) mass is 190 g/mol. The number of aliphatic carboxylic acids is 1. The Morgan fingerprint density at radius 2 is 2.14 bits per heavy atom. The van der Waals surface area contributed by atoms with E-state index in [1.807, 2.05) is 18.2 Å². The van der Waals surface area contributed by atoms with E-state index in [2.05, 4.69) is 0 Å². The Morgan fingerprint density at radius 1 is 1.36 bits per heavy atom. The largest absolute Gasteiger partial charge is 0.478 e. The second kappa shape index (κ2) is 3.64. The van der Waals surface area contributed by atoms with E-state index in [4.69, 9.17) is 9.84 Å². The Morgan fingerprint density at radius 3 is 2.93 bits per heavy atom. The van der Waals surface area contributed by atoms with Gasteiger partial charge in [0.25, 0.3) is 0 Å². The van der Waals surface area contributed by atoms with Crippen LogP contribution in [0.5, 0.6) is 0 Å². The number of rotatable bonds is 2. The van der Waals surface area contributed by atoms with Gasteiger partial charge in [-0.2, -0.15) is 0 Å². The lowest BCUT2D eigenvalue weighted by Crippen LogP contribution is -1.87. The van der Waals surface area contributed by atoms with E-state index < -0.39 is 5.97 Å². The number of carboxylic acid groups (broad SMARTS) is 1. The van der Waals surface area contributed by atoms with Crippen LogP contribution in [0.1, 0.15) is 16.7 Å². The predicted octanol–water partition coefficient (Wildman–Crippen LogP) is 1.81. The van der Waals surface area contributed by atoms with Crippen molar-refractivity contribution in [3.63, 3.8) is 0 Å². The first-order chi connectivity index (χ1) is 6.75. The van der Waals surface area contributed by atoms with Gasteiger partial charge in [-0.1, -0.05) is 12.1 Å². The molecule has 0 saturated carbocycles. The summed E-state index contributed by atoms with van der Waals surface area (Å²) in [5, 5.41) is 8.46. The van der Waals surface area contributed by atoms with Crippen molar-refractivity contribution < 1.29 is 14.6 Å². The van der Waals surface area contributed by atoms with E-state index in [1.54, 1.807) is 6.08 Å². The van der Waals surface area contributed by atoms with Gasteiger partial charge in [0.15, 0.2) is 0 Å². The van der Waals surface area contributed by atoms with Crippen molar-refractivity contribution in [3.8, 4) is 0 Å². The number of ether oxygens (including phenoxy) is 1. The molecule has 0 radical (unpaired) electrons. The molecule has 0 bridgehead atoms. The lowest BCUT2D eigenvalue weighted by atomic mass is 10.1. The molecule has 1 N–H and O–H groups in total. The Bertz CT molecular complexity index is 394. The van der Waals surface area contributed by atoms with E-state index >= 15 is 0 Å². The van der Waals surface area contributed by atoms with Gasteiger partial charge in [-0.15, -0.1) is 0 Å². The van der Waals surface area contributed by atoms with Gasteiger partial charge in [-0.3, -0.25) is 0 Å². The lowest BCUT2D eigenvalue weighted by Gasteiger charge is -1.97. The minimum atomic E-state index is -0.929. The molecular weight excluding hydrogens is 180 g/mol. The molecule has 72 valence electrons. The summed E-state index contributed by atoms with van der Waals surface area (Å²) in [4.78, 5) is 10.3. The minimum Gasteiger partial charge on any atom is -0.478 e. The van der Waals surface area contributed by atoms with Crippen LogP contribution >= 0.6 is 0 Å². The van der Waals surface area contributed by atoms with Crippen molar-refractivity contribution in [2.75, 3.05) is 0 Å². The molecular formula is C11H10O3. The predicted molar refractivity (Wildman–Crippen MR) is 51.6 cm³/mol. The maximum absolute atomic E-state index is 10.3. The number of carboxylic acids is 1. The number of fused-ring (bicyclic) bond motifs is 1. The highest BCUT2D eigenvalue weighted by Gasteiger charge is 2.09. The van der Waals surface area contributed by atoms with E-state index in [1.165, 1.54) is 5.56 Å². The molecule has 1 aromatic carbocycles. The fourth-order valence-corrected chi connectivity index (χ4v) is 1.46. The Kier molecular flexibility index (Phi) is 2.33. The van der Waals surface area contributed by atoms with Gasteiger partial charge in [0.05, 0.1) is 13.2 Å². The Balaban J connectivity index is 2.25. The highest BCUT2D eigenvalue weighted by Crippen LogP contribution is 2.21. The average Bonchev–Trinajstić information content (AvgIpc) is 2.61. The van der Waals surface area contributed by atoms with Gasteiger partial charge in [-0.05, 0) is 28.8 Å². The molecule has 1 aliphatic rings. The first kappa shape index (κ1) is 8.97. The maximum atomic E-state index is 10.3. The smallest absolute Gasteiger partial charge is 0.328 e. The average molecular weight is 190 g/mol. The molecule has 0 amide bonds. The Hall–Kier alpha value is -1.61. The Labute approximate surface area is 81.6 Å². The van der Waals surface area contributed by atoms with Crippen LogP contribution in [0.3, 0.4) is 0 Å². The maximum Gasteiger partial charge on any atom is 0.328 e. The molecule has 0 atom stereocenters. The first-order valence-corrected chi connectivity index (χ1v) is 4.36. The summed E-state index contributed by atoms with van der Waals surface area (Å²) < 4.78 is 5.26. The van der Waals surface area contributed by atoms with Gasteiger partial charge >= 0.3 is 5.97 Å². The zero-order valence-corrected chi connectivity index (χ0v) is 7.56. The standard InChI is InChI=1S/C11H10O3/c12-11(13)4-2-8-1-3-9-6-14-7-10(9)5-8/h1-5H,6-7H2,(H,12,13). The van der Waals surface area contributed by atoms with Gasteiger partial charge < -0.3 is 9.84 Å². The van der Waals surface area contributed by atoms with E-state index in [9.17, 15) is 4.79 Å². The van der Waals surface area contributed by atoms with Crippen LogP contribution < -0.4 is 0 Å². The molecule has 3 heteroatoms. The van der Waals surface area contributed by atoms with E-state index in [-0.39, 0.29) is 0 Å². The molecule has 3 nitrogen and oxygen atoms in total. The van der Waals surface area contributed by atoms with E-state index in [0.717, 1.165) is 17.2 Å². The summed E-state index contributed by atoms with van der Waals surface area (Å²) in [6.07, 6.45) is 2.72. The third kappa shape index (κ3) is 1.83. The summed E-state index contributed by atoms with van der Waals surface area (Å²) >= 11 is 0. The molecule has 1 heterocycles. The van der Waals surface area contributed by atoms with Crippen LogP contribution in [-0.2, 0) is 22.7 Å². The lowest BCUT2D eigenvalue weighted by molar-refractivity contribution is -0.131. The number of benzene rings is 1. The zero-order valence-electron chi connectivity index (χ0n) is 7.56. The summed E-state index contributed by atoms with van der Waals surface area (Å²) in [6.45, 7) is 1.29. The first-order valence-electron chi connectivity index (χ1n) is 4.36. The van der Waals surface area contributed by atoms with Gasteiger partial charge in [0.1, 0.15) is 0 Å². The van der Waals surface area contributed by atoms with Gasteiger partial charge in [-0.25, -0.2) is 4.79 Å². The van der Waals surface area contributed by atoms with Crippen molar-refractivity contribution in [2.24, 2.45) is 0 Å². The minimum absolute atomic E-state index is 0.629. The molecule has 0 unspecified atom stereocenters. The van der Waals surface area contributed by atoms with Crippen LogP contribution in [0.4, 0.5) is 0 Å². The van der Waals surface area contributed by atoms with Crippen LogP contribution in [0.15, 0.2) is 24.3 Å². The highest BCUT2D eigenvalue weighted by molar-refractivity contribution is 5.85. The SMILES string of the molecule is O=C(O)C=Cc1ccc2c(c1)COC2. The summed E-state index contributed by atoms with van der Waals surface area (Å²) in [6, 6.07) is 5.83. The molecule has 2 rings (SSSR count). The fourth-order valence-electron chi connectivity index (χ4n) is 1.46. The summed E-state index contributed by atoms with van der Waals surface area (Å²) in [7, 11) is 0. The second-order valence-electron chi connectivity index (χ2n) is 3.19. The zero-order chi connectivity index (χ0) is 9.97. The summed E-state index contributed by atoms with van der Waals surface area (Å²) in [5.74, 6) is -0.929. The molecule has 1 aromatic rings. The van der Waals surface area contributed by atoms with Crippen molar-refractivity contribution in [3.05, 3.63) is 41.0 Å². The molecule has 1 aliphatic heterocycles. The number of hydrogen-bond donors (Lipinski definition) is 1. The van der Waals surface area contributed by atoms with Crippen LogP contribution in [0.2, 0.25) is 0 Å². The fraction of sp³-hybridized carbons (Fsp3) is 0.182. The molecule has 0 aromatic heterocycles. The topological polar surface area (TPSA) is 46.5 Å². The molecule has 0 aliphatic carbocycles. The molecule has 0 saturated heterocycles. The molecule has 0 spiro atoms. The van der Waals surface area contributed by atoms with Crippen molar-refractivity contribution in [1.29, 1.82) is 0 Å². The third-order valence-corrected chi connectivity index (χ3v) is 2.16. The van der Waals surface area contributed by atoms with Crippen LogP contribution in [0.25, 0.3) is 6.08 Å². The van der Waals surface area contributed by atoms with Crippen LogP contribution in [0, 0.1) is 0 Å². The molecule has 0 fully saturated rings. The molecule has 14 heavy (non-hydrogen) atoms. The quantitative estimate of drug-likeness (QED) is 0.723. The summed E-state index contributed by atoms with van der Waals surface area (Å²) in [5.41, 5.74) is 3.24. The second-order valence-corrected chi connectivity index (χ2v) is 3.19. The number of hydrogen-bond acceptors (Lipinski definition) is 2. The van der Waals surface area contributed by atoms with Crippen molar-refractivity contribution in [1.82, 2.24) is 0 Å². The van der Waals surface area contributed by atoms with Crippen LogP contribution in [-0.4, -0.2) is 11.1 Å². The van der Waals surface area contributed by atoms with Gasteiger partial charge in [0, 0.05) is 6.08 Å². The highest BCUT2D eigenvalue weighted by atomic mass is 16.5.